The van der Waals surface area contributed by atoms with Crippen LogP contribution >= 0.6 is 0 Å². The Morgan fingerprint density at radius 3 is 1.77 bits per heavy atom. The molecule has 0 aliphatic carbocycles. The fourth-order valence-corrected chi connectivity index (χ4v) is 3.85. The number of carboxylic acids is 3. The molecule has 48 heavy (non-hydrogen) atoms. The first-order chi connectivity index (χ1) is 22.2. The van der Waals surface area contributed by atoms with Gasteiger partial charge < -0.3 is 64.8 Å². The molecule has 22 heteroatoms. The number of rotatable bonds is 23. The van der Waals surface area contributed by atoms with Gasteiger partial charge in [-0.25, -0.2) is 4.79 Å². The largest absolute Gasteiger partial charge is 0.481 e. The van der Waals surface area contributed by atoms with E-state index in [-0.39, 0.29) is 25.3 Å². The molecular formula is C26H44N10O12. The van der Waals surface area contributed by atoms with Gasteiger partial charge in [-0.3, -0.25) is 43.3 Å². The lowest BCUT2D eigenvalue weighted by Crippen LogP contribution is -2.58. The summed E-state index contributed by atoms with van der Waals surface area (Å²) < 4.78 is 0. The summed E-state index contributed by atoms with van der Waals surface area (Å²) in [6, 6.07) is -7.54. The third-order valence-electron chi connectivity index (χ3n) is 6.30. The summed E-state index contributed by atoms with van der Waals surface area (Å²) in [5.41, 5.74) is 21.1. The molecule has 0 unspecified atom stereocenters. The van der Waals surface area contributed by atoms with Gasteiger partial charge in [-0.1, -0.05) is 13.8 Å². The number of aliphatic carboxylic acids is 3. The van der Waals surface area contributed by atoms with Crippen LogP contribution in [0, 0.1) is 5.92 Å². The number of hydrogen-bond acceptors (Lipinski definition) is 11. The summed E-state index contributed by atoms with van der Waals surface area (Å²) in [7, 11) is 0. The highest BCUT2D eigenvalue weighted by molar-refractivity contribution is 5.97. The minimum Gasteiger partial charge on any atom is -0.481 e. The first-order valence-corrected chi connectivity index (χ1v) is 14.5. The van der Waals surface area contributed by atoms with Crippen molar-refractivity contribution >= 4 is 59.3 Å². The third-order valence-corrected chi connectivity index (χ3v) is 6.30. The lowest BCUT2D eigenvalue weighted by Gasteiger charge is -2.25. The summed E-state index contributed by atoms with van der Waals surface area (Å²) in [4.78, 5) is 112. The molecule has 0 aromatic heterocycles. The Kier molecular flexibility index (Phi) is 18.8. The highest BCUT2D eigenvalue weighted by atomic mass is 16.4. The first kappa shape index (κ1) is 42.5. The van der Waals surface area contributed by atoms with Gasteiger partial charge in [0.25, 0.3) is 0 Å². The zero-order valence-electron chi connectivity index (χ0n) is 26.4. The Bertz CT molecular complexity index is 1240. The first-order valence-electron chi connectivity index (χ1n) is 14.5. The maximum atomic E-state index is 12.9. The van der Waals surface area contributed by atoms with E-state index in [9.17, 15) is 48.3 Å². The van der Waals surface area contributed by atoms with Crippen LogP contribution in [0.15, 0.2) is 4.99 Å². The monoisotopic (exact) mass is 688 g/mol. The second kappa shape index (κ2) is 21.3. The molecule has 0 saturated carbocycles. The van der Waals surface area contributed by atoms with Crippen LogP contribution in [0.3, 0.4) is 0 Å². The van der Waals surface area contributed by atoms with E-state index in [1.807, 2.05) is 0 Å². The van der Waals surface area contributed by atoms with Gasteiger partial charge in [0.2, 0.25) is 35.4 Å². The molecule has 0 aliphatic rings. The second-order valence-corrected chi connectivity index (χ2v) is 10.8. The average Bonchev–Trinajstić information content (AvgIpc) is 2.96. The summed E-state index contributed by atoms with van der Waals surface area (Å²) in [6.45, 7) is 2.45. The highest BCUT2D eigenvalue weighted by Crippen LogP contribution is 2.06. The van der Waals surface area contributed by atoms with Crippen molar-refractivity contribution < 1.29 is 58.5 Å². The molecule has 0 fully saturated rings. The molecule has 0 spiro atoms. The van der Waals surface area contributed by atoms with Crippen LogP contribution < -0.4 is 49.5 Å². The average molecular weight is 689 g/mol. The van der Waals surface area contributed by atoms with Gasteiger partial charge in [-0.15, -0.1) is 0 Å². The quantitative estimate of drug-likeness (QED) is 0.0270. The Morgan fingerprint density at radius 1 is 0.688 bits per heavy atom. The number of nitrogens with two attached hydrogens (primary N) is 4. The molecule has 5 atom stereocenters. The van der Waals surface area contributed by atoms with Gasteiger partial charge in [-0.2, -0.15) is 0 Å². The number of carbonyl (C=O) groups is 9. The highest BCUT2D eigenvalue weighted by Gasteiger charge is 2.31. The van der Waals surface area contributed by atoms with E-state index < -0.39 is 122 Å². The number of carboxylic acid groups (broad SMARTS) is 3. The maximum absolute atomic E-state index is 12.9. The van der Waals surface area contributed by atoms with Crippen molar-refractivity contribution in [3.63, 3.8) is 0 Å². The Balaban J connectivity index is 5.55. The second-order valence-electron chi connectivity index (χ2n) is 10.8. The van der Waals surface area contributed by atoms with Gasteiger partial charge >= 0.3 is 17.9 Å². The molecular weight excluding hydrogens is 644 g/mol. The number of aliphatic imine (C=N–C) groups is 1. The molecule has 0 aliphatic heterocycles. The van der Waals surface area contributed by atoms with Crippen LogP contribution in [-0.2, 0) is 43.2 Å². The molecule has 22 nitrogen and oxygen atoms in total. The Labute approximate surface area is 274 Å². The number of nitrogens with zero attached hydrogens (tertiary/aromatic N) is 1. The van der Waals surface area contributed by atoms with Crippen molar-refractivity contribution in [2.24, 2.45) is 33.8 Å². The zero-order chi connectivity index (χ0) is 37.1. The fraction of sp³-hybridized carbons (Fsp3) is 0.615. The summed E-state index contributed by atoms with van der Waals surface area (Å²) in [5.74, 6) is -11.1. The number of hydrogen-bond donors (Lipinski definition) is 12. The van der Waals surface area contributed by atoms with Crippen LogP contribution in [0.5, 0.6) is 0 Å². The molecule has 0 rings (SSSR count). The fourth-order valence-electron chi connectivity index (χ4n) is 3.85. The molecule has 0 bridgehead atoms. The predicted octanol–water partition coefficient (Wildman–Crippen LogP) is -5.62. The van der Waals surface area contributed by atoms with Crippen LogP contribution in [0.1, 0.15) is 52.4 Å². The minimum absolute atomic E-state index is 0.0321. The molecule has 270 valence electrons. The van der Waals surface area contributed by atoms with E-state index in [4.69, 9.17) is 33.1 Å². The van der Waals surface area contributed by atoms with E-state index in [1.54, 1.807) is 13.8 Å². The Morgan fingerprint density at radius 2 is 1.27 bits per heavy atom. The van der Waals surface area contributed by atoms with Crippen molar-refractivity contribution in [2.45, 2.75) is 82.6 Å². The lowest BCUT2D eigenvalue weighted by atomic mass is 10.0. The van der Waals surface area contributed by atoms with E-state index in [0.717, 1.165) is 0 Å². The van der Waals surface area contributed by atoms with Gasteiger partial charge in [0.1, 0.15) is 24.2 Å². The Hall–Kier alpha value is -5.54. The summed E-state index contributed by atoms with van der Waals surface area (Å²) in [6.07, 6.45) is -2.58. The van der Waals surface area contributed by atoms with E-state index in [0.29, 0.717) is 0 Å². The van der Waals surface area contributed by atoms with E-state index in [2.05, 4.69) is 31.6 Å². The molecule has 16 N–H and O–H groups in total. The molecule has 6 amide bonds. The number of amides is 6. The van der Waals surface area contributed by atoms with Crippen LogP contribution in [0.4, 0.5) is 0 Å². The SMILES string of the molecule is CC(C)[C@H](NC(=O)CNC(=O)[C@H](CC(N)=O)NC(=O)[C@H](CCC(=O)O)NC(=O)[C@@H](N)CC(=O)O)C(=O)N[C@@H](CCCN=C(N)N)C(=O)O. The zero-order valence-corrected chi connectivity index (χ0v) is 26.4. The normalized spacial score (nSPS) is 13.8. The van der Waals surface area contributed by atoms with Crippen LogP contribution in [-0.4, -0.2) is 118 Å². The maximum Gasteiger partial charge on any atom is 0.326 e. The van der Waals surface area contributed by atoms with E-state index >= 15 is 0 Å². The molecule has 0 radical (unpaired) electrons. The van der Waals surface area contributed by atoms with Gasteiger partial charge in [-0.05, 0) is 25.2 Å². The predicted molar refractivity (Wildman–Crippen MR) is 164 cm³/mol. The standard InChI is InChI=1S/C26H44N10O12/c1-11(2)20(24(46)34-14(25(47)48)4-3-7-31-26(29)30)36-17(38)10-32-22(44)15(9-16(28)37)35-23(45)13(5-6-18(39)40)33-21(43)12(27)8-19(41)42/h11-15,20H,3-10,27H2,1-2H3,(H2,28,37)(H,32,44)(H,33,43)(H,34,46)(H,35,45)(H,36,38)(H,39,40)(H,41,42)(H,47,48)(H4,29,30,31)/t12-,13-,14-,15-,20-/m0/s1. The van der Waals surface area contributed by atoms with Crippen molar-refractivity contribution in [1.29, 1.82) is 0 Å². The topological polar surface area (TPSA) is 391 Å². The van der Waals surface area contributed by atoms with Gasteiger partial charge in [0.05, 0.1) is 25.4 Å². The van der Waals surface area contributed by atoms with E-state index in [1.165, 1.54) is 0 Å². The van der Waals surface area contributed by atoms with Crippen LogP contribution in [0.25, 0.3) is 0 Å². The van der Waals surface area contributed by atoms with Crippen LogP contribution in [0.2, 0.25) is 0 Å². The number of guanidine groups is 1. The summed E-state index contributed by atoms with van der Waals surface area (Å²) in [5, 5.41) is 38.4. The number of carbonyl (C=O) groups excluding carboxylic acids is 6. The number of primary amides is 1. The summed E-state index contributed by atoms with van der Waals surface area (Å²) >= 11 is 0. The van der Waals surface area contributed by atoms with Gasteiger partial charge in [0, 0.05) is 13.0 Å². The van der Waals surface area contributed by atoms with Gasteiger partial charge in [0.15, 0.2) is 5.96 Å². The van der Waals surface area contributed by atoms with Crippen molar-refractivity contribution in [2.75, 3.05) is 13.1 Å². The molecule has 0 aromatic rings. The molecule has 0 saturated heterocycles. The molecule has 0 heterocycles. The van der Waals surface area contributed by atoms with Crippen molar-refractivity contribution in [3.8, 4) is 0 Å². The lowest BCUT2D eigenvalue weighted by molar-refractivity contribution is -0.142. The minimum atomic E-state index is -1.72. The van der Waals surface area contributed by atoms with Crippen molar-refractivity contribution in [1.82, 2.24) is 26.6 Å². The number of nitrogens with one attached hydrogen (secondary N) is 5. The smallest absolute Gasteiger partial charge is 0.326 e. The third kappa shape index (κ3) is 17.8. The van der Waals surface area contributed by atoms with Crippen molar-refractivity contribution in [3.05, 3.63) is 0 Å². The molecule has 0 aromatic carbocycles.